The Hall–Kier alpha value is -2.66. The number of rotatable bonds is 5. The van der Waals surface area contributed by atoms with Crippen molar-refractivity contribution in [2.45, 2.75) is 19.9 Å². The second-order valence-corrected chi connectivity index (χ2v) is 5.56. The van der Waals surface area contributed by atoms with E-state index in [0.717, 1.165) is 11.4 Å². The Bertz CT molecular complexity index is 901. The van der Waals surface area contributed by atoms with E-state index in [0.29, 0.717) is 23.3 Å². The summed E-state index contributed by atoms with van der Waals surface area (Å²) < 4.78 is 7.15. The molecular formula is C19H21N3O2. The van der Waals surface area contributed by atoms with Gasteiger partial charge in [0.05, 0.1) is 29.2 Å². The summed E-state index contributed by atoms with van der Waals surface area (Å²) in [5.74, 6) is 1.47. The molecule has 1 N–H and O–H groups in total. The van der Waals surface area contributed by atoms with E-state index < -0.39 is 0 Å². The third kappa shape index (κ3) is 2.90. The van der Waals surface area contributed by atoms with Crippen LogP contribution in [0.4, 0.5) is 0 Å². The van der Waals surface area contributed by atoms with Crippen LogP contribution >= 0.6 is 0 Å². The number of benzene rings is 2. The van der Waals surface area contributed by atoms with Crippen molar-refractivity contribution < 1.29 is 4.74 Å². The van der Waals surface area contributed by atoms with E-state index in [4.69, 9.17) is 9.72 Å². The van der Waals surface area contributed by atoms with E-state index in [1.54, 1.807) is 4.57 Å². The Balaban J connectivity index is 2.24. The van der Waals surface area contributed by atoms with Gasteiger partial charge in [-0.2, -0.15) is 0 Å². The standard InChI is InChI=1S/C19H21N3O2/c1-4-24-15-11-9-14(10-12-15)22-18(13(2)20-3)21-17-8-6-5-7-16(17)19(22)23/h5-13,20H,4H2,1-3H3/t13-/m1/s1. The molecule has 24 heavy (non-hydrogen) atoms. The van der Waals surface area contributed by atoms with Crippen LogP contribution < -0.4 is 15.6 Å². The maximum Gasteiger partial charge on any atom is 0.266 e. The van der Waals surface area contributed by atoms with Crippen LogP contribution in [-0.2, 0) is 0 Å². The van der Waals surface area contributed by atoms with E-state index in [1.165, 1.54) is 0 Å². The summed E-state index contributed by atoms with van der Waals surface area (Å²) in [7, 11) is 1.86. The first-order valence-electron chi connectivity index (χ1n) is 8.08. The van der Waals surface area contributed by atoms with Gasteiger partial charge in [0.15, 0.2) is 0 Å². The average molecular weight is 323 g/mol. The monoisotopic (exact) mass is 323 g/mol. The normalized spacial score (nSPS) is 12.3. The first kappa shape index (κ1) is 16.2. The van der Waals surface area contributed by atoms with Crippen molar-refractivity contribution in [1.29, 1.82) is 0 Å². The fourth-order valence-corrected chi connectivity index (χ4v) is 2.68. The van der Waals surface area contributed by atoms with Crippen LogP contribution in [-0.4, -0.2) is 23.2 Å². The molecule has 2 aromatic carbocycles. The van der Waals surface area contributed by atoms with Crippen molar-refractivity contribution in [1.82, 2.24) is 14.9 Å². The zero-order valence-electron chi connectivity index (χ0n) is 14.1. The number of para-hydroxylation sites is 1. The summed E-state index contributed by atoms with van der Waals surface area (Å²) in [5.41, 5.74) is 1.42. The summed E-state index contributed by atoms with van der Waals surface area (Å²) >= 11 is 0. The largest absolute Gasteiger partial charge is 0.494 e. The maximum absolute atomic E-state index is 13.0. The summed E-state index contributed by atoms with van der Waals surface area (Å²) in [6, 6.07) is 14.9. The number of hydrogen-bond donors (Lipinski definition) is 1. The van der Waals surface area contributed by atoms with Crippen molar-refractivity contribution in [2.24, 2.45) is 0 Å². The van der Waals surface area contributed by atoms with E-state index in [2.05, 4.69) is 5.32 Å². The van der Waals surface area contributed by atoms with E-state index in [1.807, 2.05) is 69.4 Å². The first-order chi connectivity index (χ1) is 11.7. The highest BCUT2D eigenvalue weighted by molar-refractivity contribution is 5.77. The summed E-state index contributed by atoms with van der Waals surface area (Å²) in [6.45, 7) is 4.54. The number of aromatic nitrogens is 2. The predicted molar refractivity (Wildman–Crippen MR) is 96.0 cm³/mol. The molecule has 1 heterocycles. The lowest BCUT2D eigenvalue weighted by Crippen LogP contribution is -2.28. The van der Waals surface area contributed by atoms with Gasteiger partial charge < -0.3 is 10.1 Å². The van der Waals surface area contributed by atoms with Gasteiger partial charge in [-0.05, 0) is 57.3 Å². The van der Waals surface area contributed by atoms with E-state index in [9.17, 15) is 4.79 Å². The Kier molecular flexibility index (Phi) is 4.62. The molecule has 0 aliphatic rings. The minimum atomic E-state index is -0.0677. The smallest absolute Gasteiger partial charge is 0.266 e. The second-order valence-electron chi connectivity index (χ2n) is 5.56. The number of fused-ring (bicyclic) bond motifs is 1. The molecule has 0 spiro atoms. The number of hydrogen-bond acceptors (Lipinski definition) is 4. The SMILES string of the molecule is CCOc1ccc(-n2c([C@@H](C)NC)nc3ccccc3c2=O)cc1. The van der Waals surface area contributed by atoms with Crippen LogP contribution in [0.1, 0.15) is 25.7 Å². The van der Waals surface area contributed by atoms with Gasteiger partial charge in [0.2, 0.25) is 0 Å². The molecule has 3 aromatic rings. The van der Waals surface area contributed by atoms with Gasteiger partial charge in [0, 0.05) is 0 Å². The summed E-state index contributed by atoms with van der Waals surface area (Å²) in [6.07, 6.45) is 0. The lowest BCUT2D eigenvalue weighted by Gasteiger charge is -2.18. The van der Waals surface area contributed by atoms with Crippen LogP contribution in [0.3, 0.4) is 0 Å². The molecule has 5 heteroatoms. The lowest BCUT2D eigenvalue weighted by molar-refractivity contribution is 0.340. The molecule has 1 aromatic heterocycles. The van der Waals surface area contributed by atoms with Gasteiger partial charge in [-0.15, -0.1) is 0 Å². The molecule has 0 amide bonds. The lowest BCUT2D eigenvalue weighted by atomic mass is 10.2. The molecule has 1 atom stereocenters. The topological polar surface area (TPSA) is 56.1 Å². The van der Waals surface area contributed by atoms with Crippen LogP contribution in [0.2, 0.25) is 0 Å². The second kappa shape index (κ2) is 6.84. The van der Waals surface area contributed by atoms with Crippen molar-refractivity contribution in [3.63, 3.8) is 0 Å². The third-order valence-corrected chi connectivity index (χ3v) is 4.03. The molecule has 0 radical (unpaired) electrons. The minimum Gasteiger partial charge on any atom is -0.494 e. The van der Waals surface area contributed by atoms with Gasteiger partial charge in [0.1, 0.15) is 11.6 Å². The molecule has 0 fully saturated rings. The highest BCUT2D eigenvalue weighted by atomic mass is 16.5. The molecule has 3 rings (SSSR count). The van der Waals surface area contributed by atoms with Crippen LogP contribution in [0.25, 0.3) is 16.6 Å². The first-order valence-corrected chi connectivity index (χ1v) is 8.08. The average Bonchev–Trinajstić information content (AvgIpc) is 2.62. The molecule has 0 unspecified atom stereocenters. The summed E-state index contributed by atoms with van der Waals surface area (Å²) in [5, 5.41) is 3.78. The van der Waals surface area contributed by atoms with Crippen molar-refractivity contribution >= 4 is 10.9 Å². The Morgan fingerprint density at radius 2 is 1.88 bits per heavy atom. The van der Waals surface area contributed by atoms with Gasteiger partial charge in [-0.25, -0.2) is 4.98 Å². The molecule has 5 nitrogen and oxygen atoms in total. The molecule has 0 saturated heterocycles. The maximum atomic E-state index is 13.0. The fourth-order valence-electron chi connectivity index (χ4n) is 2.68. The van der Waals surface area contributed by atoms with Gasteiger partial charge >= 0.3 is 0 Å². The zero-order valence-corrected chi connectivity index (χ0v) is 14.1. The molecular weight excluding hydrogens is 302 g/mol. The van der Waals surface area contributed by atoms with Crippen molar-refractivity contribution in [3.05, 3.63) is 64.7 Å². The van der Waals surface area contributed by atoms with Crippen molar-refractivity contribution in [3.8, 4) is 11.4 Å². The number of ether oxygens (including phenoxy) is 1. The zero-order chi connectivity index (χ0) is 17.1. The third-order valence-electron chi connectivity index (χ3n) is 4.03. The van der Waals surface area contributed by atoms with Gasteiger partial charge in [-0.1, -0.05) is 12.1 Å². The van der Waals surface area contributed by atoms with E-state index in [-0.39, 0.29) is 11.6 Å². The van der Waals surface area contributed by atoms with Gasteiger partial charge in [-0.3, -0.25) is 9.36 Å². The van der Waals surface area contributed by atoms with Gasteiger partial charge in [0.25, 0.3) is 5.56 Å². The Morgan fingerprint density at radius 1 is 1.17 bits per heavy atom. The highest BCUT2D eigenvalue weighted by Gasteiger charge is 2.16. The molecule has 0 aliphatic carbocycles. The predicted octanol–water partition coefficient (Wildman–Crippen LogP) is 3.06. The van der Waals surface area contributed by atoms with Crippen molar-refractivity contribution in [2.75, 3.05) is 13.7 Å². The molecule has 0 aliphatic heterocycles. The van der Waals surface area contributed by atoms with Crippen LogP contribution in [0.15, 0.2) is 53.3 Å². The number of nitrogens with zero attached hydrogens (tertiary/aromatic N) is 2. The van der Waals surface area contributed by atoms with Crippen LogP contribution in [0.5, 0.6) is 5.75 Å². The van der Waals surface area contributed by atoms with E-state index >= 15 is 0 Å². The minimum absolute atomic E-state index is 0.0612. The molecule has 0 bridgehead atoms. The highest BCUT2D eigenvalue weighted by Crippen LogP contribution is 2.20. The Labute approximate surface area is 140 Å². The fraction of sp³-hybridized carbons (Fsp3) is 0.263. The number of nitrogens with one attached hydrogen (secondary N) is 1. The summed E-state index contributed by atoms with van der Waals surface area (Å²) in [4.78, 5) is 17.8. The Morgan fingerprint density at radius 3 is 2.54 bits per heavy atom. The molecule has 124 valence electrons. The van der Waals surface area contributed by atoms with Crippen LogP contribution in [0, 0.1) is 0 Å². The quantitative estimate of drug-likeness (QED) is 0.784. The molecule has 0 saturated carbocycles.